The Labute approximate surface area is 149 Å². The number of aromatic hydroxyl groups is 1. The van der Waals surface area contributed by atoms with Crippen LogP contribution in [-0.4, -0.2) is 22.2 Å². The third-order valence-electron chi connectivity index (χ3n) is 2.75. The van der Waals surface area contributed by atoms with Gasteiger partial charge in [0.15, 0.2) is 0 Å². The number of halogens is 2. The highest BCUT2D eigenvalue weighted by Gasteiger charge is 2.12. The molecule has 0 aliphatic heterocycles. The Kier molecular flexibility index (Phi) is 5.50. The zero-order valence-electron chi connectivity index (χ0n) is 11.4. The molecule has 7 nitrogen and oxygen atoms in total. The molecule has 0 spiro atoms. The Morgan fingerprint density at radius 1 is 1.35 bits per heavy atom. The molecule has 0 saturated carbocycles. The highest BCUT2D eigenvalue weighted by molar-refractivity contribution is 14.1. The minimum Gasteiger partial charge on any atom is -0.507 e. The Morgan fingerprint density at radius 2 is 2.09 bits per heavy atom. The number of phenolic OH excluding ortho intramolecular Hbond substituents is 1. The van der Waals surface area contributed by atoms with Crippen molar-refractivity contribution < 1.29 is 14.8 Å². The van der Waals surface area contributed by atoms with Gasteiger partial charge in [0, 0.05) is 17.2 Å². The van der Waals surface area contributed by atoms with E-state index >= 15 is 0 Å². The maximum absolute atomic E-state index is 11.9. The molecule has 2 aromatic rings. The van der Waals surface area contributed by atoms with Crippen LogP contribution < -0.4 is 5.43 Å². The minimum absolute atomic E-state index is 0.00412. The topological polar surface area (TPSA) is 105 Å². The van der Waals surface area contributed by atoms with Gasteiger partial charge in [-0.3, -0.25) is 14.9 Å². The van der Waals surface area contributed by atoms with Gasteiger partial charge in [0.05, 0.1) is 14.7 Å². The summed E-state index contributed by atoms with van der Waals surface area (Å²) < 4.78 is 0.621. The summed E-state index contributed by atoms with van der Waals surface area (Å²) in [6, 6.07) is 8.60. The van der Waals surface area contributed by atoms with Gasteiger partial charge in [-0.2, -0.15) is 5.10 Å². The monoisotopic (exact) mass is 445 g/mol. The summed E-state index contributed by atoms with van der Waals surface area (Å²) in [6.45, 7) is 0. The zero-order valence-corrected chi connectivity index (χ0v) is 14.3. The molecular weight excluding hydrogens is 437 g/mol. The molecule has 23 heavy (non-hydrogen) atoms. The van der Waals surface area contributed by atoms with Gasteiger partial charge in [0.25, 0.3) is 11.6 Å². The van der Waals surface area contributed by atoms with Crippen molar-refractivity contribution in [1.29, 1.82) is 0 Å². The third-order valence-corrected chi connectivity index (χ3v) is 3.99. The molecule has 0 unspecified atom stereocenters. The molecule has 2 aromatic carbocycles. The average molecular weight is 446 g/mol. The second-order valence-electron chi connectivity index (χ2n) is 4.33. The Balaban J connectivity index is 2.09. The molecule has 0 bridgehead atoms. The van der Waals surface area contributed by atoms with E-state index in [-0.39, 0.29) is 22.0 Å². The summed E-state index contributed by atoms with van der Waals surface area (Å²) in [5, 5.41) is 24.1. The summed E-state index contributed by atoms with van der Waals surface area (Å²) in [6.07, 6.45) is 1.26. The molecule has 0 heterocycles. The predicted molar refractivity (Wildman–Crippen MR) is 94.0 cm³/mol. The Morgan fingerprint density at radius 3 is 2.74 bits per heavy atom. The average Bonchev–Trinajstić information content (AvgIpc) is 2.51. The highest BCUT2D eigenvalue weighted by Crippen LogP contribution is 2.24. The molecule has 0 aromatic heterocycles. The quantitative estimate of drug-likeness (QED) is 0.326. The van der Waals surface area contributed by atoms with Crippen LogP contribution >= 0.6 is 34.2 Å². The van der Waals surface area contributed by atoms with Gasteiger partial charge >= 0.3 is 0 Å². The van der Waals surface area contributed by atoms with Crippen LogP contribution in [0.2, 0.25) is 5.02 Å². The molecular formula is C14H9ClIN3O4. The van der Waals surface area contributed by atoms with Crippen molar-refractivity contribution in [1.82, 2.24) is 5.43 Å². The lowest BCUT2D eigenvalue weighted by Crippen LogP contribution is -2.17. The first-order chi connectivity index (χ1) is 10.9. The van der Waals surface area contributed by atoms with Gasteiger partial charge in [-0.05, 0) is 46.9 Å². The number of carbonyl (C=O) groups is 1. The molecule has 118 valence electrons. The number of nitrogens with zero attached hydrogens (tertiary/aromatic N) is 2. The number of nitro benzene ring substituents is 1. The van der Waals surface area contributed by atoms with Gasteiger partial charge in [-0.1, -0.05) is 17.7 Å². The van der Waals surface area contributed by atoms with E-state index in [0.29, 0.717) is 9.13 Å². The molecule has 2 N–H and O–H groups in total. The molecule has 2 rings (SSSR count). The van der Waals surface area contributed by atoms with Crippen LogP contribution in [0.4, 0.5) is 5.69 Å². The van der Waals surface area contributed by atoms with Crippen molar-refractivity contribution in [3.63, 3.8) is 0 Å². The number of phenols is 1. The maximum atomic E-state index is 11.9. The third kappa shape index (κ3) is 4.39. The van der Waals surface area contributed by atoms with Crippen LogP contribution in [0, 0.1) is 13.7 Å². The van der Waals surface area contributed by atoms with Crippen molar-refractivity contribution in [2.75, 3.05) is 0 Å². The number of carbonyl (C=O) groups excluding carboxylic acids is 1. The van der Waals surface area contributed by atoms with Crippen LogP contribution in [0.3, 0.4) is 0 Å². The van der Waals surface area contributed by atoms with Crippen LogP contribution in [0.1, 0.15) is 15.9 Å². The van der Waals surface area contributed by atoms with Crippen LogP contribution in [0.15, 0.2) is 41.5 Å². The fraction of sp³-hybridized carbons (Fsp3) is 0. The number of benzene rings is 2. The van der Waals surface area contributed by atoms with E-state index in [2.05, 4.69) is 10.5 Å². The normalized spacial score (nSPS) is 10.7. The zero-order chi connectivity index (χ0) is 17.0. The fourth-order valence-corrected chi connectivity index (χ4v) is 2.16. The number of nitro groups is 1. The number of hydrogen-bond acceptors (Lipinski definition) is 5. The summed E-state index contributed by atoms with van der Waals surface area (Å²) >= 11 is 7.64. The van der Waals surface area contributed by atoms with E-state index in [1.165, 1.54) is 30.5 Å². The Hall–Kier alpha value is -2.20. The summed E-state index contributed by atoms with van der Waals surface area (Å²) in [5.41, 5.74) is 2.67. The van der Waals surface area contributed by atoms with E-state index < -0.39 is 10.8 Å². The summed E-state index contributed by atoms with van der Waals surface area (Å²) in [5.74, 6) is -0.521. The summed E-state index contributed by atoms with van der Waals surface area (Å²) in [7, 11) is 0. The van der Waals surface area contributed by atoms with Gasteiger partial charge in [0.2, 0.25) is 0 Å². The SMILES string of the molecule is O=C(N/N=C\c1ccc(Cl)c([N+](=O)[O-])c1)c1ccc(I)c(O)c1. The lowest BCUT2D eigenvalue weighted by Gasteiger charge is -2.02. The lowest BCUT2D eigenvalue weighted by atomic mass is 10.2. The van der Waals surface area contributed by atoms with Crippen LogP contribution in [-0.2, 0) is 0 Å². The first-order valence-corrected chi connectivity index (χ1v) is 7.60. The fourth-order valence-electron chi connectivity index (χ4n) is 1.63. The largest absolute Gasteiger partial charge is 0.507 e. The number of hydrazone groups is 1. The van der Waals surface area contributed by atoms with E-state index in [4.69, 9.17) is 11.6 Å². The Bertz CT molecular complexity index is 811. The number of rotatable bonds is 4. The second-order valence-corrected chi connectivity index (χ2v) is 5.90. The lowest BCUT2D eigenvalue weighted by molar-refractivity contribution is -0.384. The van der Waals surface area contributed by atoms with Gasteiger partial charge in [-0.15, -0.1) is 0 Å². The van der Waals surface area contributed by atoms with Crippen molar-refractivity contribution in [2.45, 2.75) is 0 Å². The summed E-state index contributed by atoms with van der Waals surface area (Å²) in [4.78, 5) is 22.0. The smallest absolute Gasteiger partial charge is 0.288 e. The van der Waals surface area contributed by atoms with Crippen molar-refractivity contribution in [2.24, 2.45) is 5.10 Å². The second kappa shape index (κ2) is 7.38. The molecule has 9 heteroatoms. The predicted octanol–water partition coefficient (Wildman–Crippen LogP) is 3.32. The van der Waals surface area contributed by atoms with Crippen molar-refractivity contribution in [3.8, 4) is 5.75 Å². The maximum Gasteiger partial charge on any atom is 0.288 e. The van der Waals surface area contributed by atoms with Crippen LogP contribution in [0.5, 0.6) is 5.75 Å². The van der Waals surface area contributed by atoms with Crippen LogP contribution in [0.25, 0.3) is 0 Å². The first kappa shape index (κ1) is 17.2. The van der Waals surface area contributed by atoms with Crippen molar-refractivity contribution >= 4 is 52.0 Å². The van der Waals surface area contributed by atoms with Gasteiger partial charge in [-0.25, -0.2) is 5.43 Å². The number of hydrogen-bond donors (Lipinski definition) is 2. The van der Waals surface area contributed by atoms with E-state index in [0.717, 1.165) is 0 Å². The van der Waals surface area contributed by atoms with E-state index in [1.807, 2.05) is 22.6 Å². The van der Waals surface area contributed by atoms with Gasteiger partial charge in [0.1, 0.15) is 10.8 Å². The van der Waals surface area contributed by atoms with E-state index in [1.54, 1.807) is 12.1 Å². The first-order valence-electron chi connectivity index (χ1n) is 6.14. The molecule has 0 fully saturated rings. The standard InChI is InChI=1S/C14H9ClIN3O4/c15-10-3-1-8(5-12(10)19(22)23)7-17-18-14(21)9-2-4-11(16)13(20)6-9/h1-7,20H,(H,18,21)/b17-7-. The molecule has 0 radical (unpaired) electrons. The van der Waals surface area contributed by atoms with E-state index in [9.17, 15) is 20.0 Å². The highest BCUT2D eigenvalue weighted by atomic mass is 127. The molecule has 0 aliphatic carbocycles. The molecule has 0 atom stereocenters. The molecule has 0 aliphatic rings. The number of amides is 1. The van der Waals surface area contributed by atoms with Gasteiger partial charge < -0.3 is 5.11 Å². The van der Waals surface area contributed by atoms with Crippen molar-refractivity contribution in [3.05, 3.63) is 66.2 Å². The minimum atomic E-state index is -0.605. The molecule has 1 amide bonds. The molecule has 0 saturated heterocycles. The number of nitrogens with one attached hydrogen (secondary N) is 1.